The number of ether oxygens (including phenoxy) is 1. The van der Waals surface area contributed by atoms with E-state index in [1.807, 2.05) is 20.8 Å². The first-order chi connectivity index (χ1) is 15.7. The van der Waals surface area contributed by atoms with Gasteiger partial charge in [0.25, 0.3) is 0 Å². The average Bonchev–Trinajstić information content (AvgIpc) is 2.66. The van der Waals surface area contributed by atoms with Gasteiger partial charge in [0.05, 0.1) is 9.85 Å². The number of nitro groups is 2. The second-order valence-corrected chi connectivity index (χ2v) is 8.54. The molecule has 0 fully saturated rings. The number of amides is 1. The van der Waals surface area contributed by atoms with E-state index in [2.05, 4.69) is 30.6 Å². The lowest BCUT2D eigenvalue weighted by Gasteiger charge is -2.22. The third-order valence-electron chi connectivity index (χ3n) is 3.46. The summed E-state index contributed by atoms with van der Waals surface area (Å²) in [6.45, 7) is 7.58. The summed E-state index contributed by atoms with van der Waals surface area (Å²) >= 11 is 16.3. The lowest BCUT2D eigenvalue weighted by molar-refractivity contribution is -0.385. The van der Waals surface area contributed by atoms with Crippen molar-refractivity contribution in [2.45, 2.75) is 45.8 Å². The predicted molar refractivity (Wildman–Crippen MR) is 124 cm³/mol. The number of carbonyl (C=O) groups is 1. The fourth-order valence-electron chi connectivity index (χ4n) is 2.05. The van der Waals surface area contributed by atoms with Gasteiger partial charge in [-0.05, 0) is 50.9 Å². The molecular formula is C17H21Cl3N8O6. The van der Waals surface area contributed by atoms with Crippen molar-refractivity contribution in [2.75, 3.05) is 11.9 Å². The van der Waals surface area contributed by atoms with Gasteiger partial charge >= 0.3 is 17.5 Å². The predicted octanol–water partition coefficient (Wildman–Crippen LogP) is 4.45. The number of hydrogen-bond acceptors (Lipinski definition) is 11. The molecule has 2 heterocycles. The van der Waals surface area contributed by atoms with Crippen LogP contribution in [0, 0.1) is 20.2 Å². The number of nitrogens with zero attached hydrogens (tertiary/aromatic N) is 6. The second-order valence-electron chi connectivity index (χ2n) is 7.51. The number of alkyl carbamates (subject to hydrolysis) is 1. The van der Waals surface area contributed by atoms with Gasteiger partial charge in [-0.1, -0.05) is 11.6 Å². The first-order valence-electron chi connectivity index (χ1n) is 9.41. The lowest BCUT2D eigenvalue weighted by atomic mass is 10.1. The topological polar surface area (TPSA) is 188 Å². The maximum Gasteiger partial charge on any atom is 0.407 e. The van der Waals surface area contributed by atoms with Crippen LogP contribution in [0.25, 0.3) is 0 Å². The van der Waals surface area contributed by atoms with Gasteiger partial charge in [-0.25, -0.2) is 14.8 Å². The van der Waals surface area contributed by atoms with Crippen molar-refractivity contribution in [3.63, 3.8) is 0 Å². The monoisotopic (exact) mass is 538 g/mol. The van der Waals surface area contributed by atoms with E-state index in [1.165, 1.54) is 0 Å². The molecule has 1 unspecified atom stereocenters. The number of anilines is 1. The molecule has 0 aliphatic rings. The molecule has 0 bridgehead atoms. The Kier molecular flexibility index (Phi) is 11.0. The minimum Gasteiger partial charge on any atom is -0.446 e. The summed E-state index contributed by atoms with van der Waals surface area (Å²) in [7, 11) is 0. The Morgan fingerprint density at radius 2 is 1.59 bits per heavy atom. The van der Waals surface area contributed by atoms with Crippen LogP contribution >= 0.6 is 34.8 Å². The Morgan fingerprint density at radius 3 is 2.09 bits per heavy atom. The summed E-state index contributed by atoms with van der Waals surface area (Å²) in [5.74, 6) is 0.0290. The van der Waals surface area contributed by atoms with E-state index in [9.17, 15) is 25.0 Å². The van der Waals surface area contributed by atoms with E-state index < -0.39 is 15.9 Å². The van der Waals surface area contributed by atoms with Crippen molar-refractivity contribution >= 4 is 58.1 Å². The zero-order chi connectivity index (χ0) is 26.1. The fourth-order valence-corrected chi connectivity index (χ4v) is 2.55. The van der Waals surface area contributed by atoms with Crippen molar-refractivity contribution in [3.05, 3.63) is 48.3 Å². The molecule has 186 valence electrons. The maximum atomic E-state index is 11.6. The van der Waals surface area contributed by atoms with Crippen LogP contribution in [0.1, 0.15) is 34.1 Å². The van der Waals surface area contributed by atoms with E-state index in [0.717, 1.165) is 12.4 Å². The Hall–Kier alpha value is -3.10. The molecule has 2 aromatic heterocycles. The Balaban J connectivity index is 0.000000437. The highest BCUT2D eigenvalue weighted by Gasteiger charge is 2.19. The van der Waals surface area contributed by atoms with Crippen molar-refractivity contribution in [1.29, 1.82) is 0 Å². The zero-order valence-electron chi connectivity index (χ0n) is 18.4. The molecule has 14 nitrogen and oxygen atoms in total. The molecule has 0 aromatic carbocycles. The van der Waals surface area contributed by atoms with Gasteiger partial charge in [-0.3, -0.25) is 20.2 Å². The van der Waals surface area contributed by atoms with Crippen LogP contribution in [-0.4, -0.2) is 54.1 Å². The highest BCUT2D eigenvalue weighted by atomic mass is 35.5. The summed E-state index contributed by atoms with van der Waals surface area (Å²) in [4.78, 5) is 45.4. The minimum absolute atomic E-state index is 0.0290. The average molecular weight is 540 g/mol. The van der Waals surface area contributed by atoms with E-state index >= 15 is 0 Å². The van der Waals surface area contributed by atoms with Crippen LogP contribution in [0.3, 0.4) is 0 Å². The molecular weight excluding hydrogens is 519 g/mol. The minimum atomic E-state index is -0.682. The summed E-state index contributed by atoms with van der Waals surface area (Å²) in [6.07, 6.45) is 1.55. The quantitative estimate of drug-likeness (QED) is 0.219. The molecule has 0 spiro atoms. The molecule has 0 saturated heterocycles. The second kappa shape index (κ2) is 13.0. The first-order valence-corrected chi connectivity index (χ1v) is 10.5. The number of hydrogen-bond donors (Lipinski definition) is 2. The number of aromatic nitrogens is 4. The van der Waals surface area contributed by atoms with Gasteiger partial charge in [0.2, 0.25) is 21.5 Å². The molecule has 0 saturated carbocycles. The lowest BCUT2D eigenvalue weighted by Crippen LogP contribution is -2.42. The third kappa shape index (κ3) is 10.7. The van der Waals surface area contributed by atoms with Gasteiger partial charge in [0, 0.05) is 18.5 Å². The summed E-state index contributed by atoms with van der Waals surface area (Å²) < 4.78 is 5.18. The number of rotatable bonds is 7. The Morgan fingerprint density at radius 1 is 1.06 bits per heavy atom. The standard InChI is InChI=1S/C13H20ClN5O4.C4HCl2N3O2/c1-8(23-12(20)18-13(2,3)4)5-6-15-10-9(19(21)22)7-16-11(14)17-10;5-3-2(9(10)11)1-7-4(6)8-3/h7-8H,5-6H2,1-4H3,(H,18,20)(H,15,16,17);1H. The van der Waals surface area contributed by atoms with Crippen LogP contribution in [0.4, 0.5) is 22.0 Å². The summed E-state index contributed by atoms with van der Waals surface area (Å²) in [6, 6.07) is 0. The molecule has 1 amide bonds. The van der Waals surface area contributed by atoms with Crippen LogP contribution < -0.4 is 10.6 Å². The SMILES string of the molecule is CC(CCNc1nc(Cl)ncc1[N+](=O)[O-])OC(=O)NC(C)(C)C.O=[N+]([O-])c1cnc(Cl)nc1Cl. The van der Waals surface area contributed by atoms with E-state index in [4.69, 9.17) is 39.5 Å². The van der Waals surface area contributed by atoms with Crippen molar-refractivity contribution in [1.82, 2.24) is 25.3 Å². The highest BCUT2D eigenvalue weighted by molar-refractivity contribution is 6.33. The van der Waals surface area contributed by atoms with Crippen LogP contribution in [0.15, 0.2) is 12.4 Å². The molecule has 17 heteroatoms. The number of nitrogens with one attached hydrogen (secondary N) is 2. The van der Waals surface area contributed by atoms with E-state index in [-0.39, 0.29) is 44.6 Å². The summed E-state index contributed by atoms with van der Waals surface area (Å²) in [5, 5.41) is 26.0. The van der Waals surface area contributed by atoms with Crippen molar-refractivity contribution in [3.8, 4) is 0 Å². The smallest absolute Gasteiger partial charge is 0.407 e. The molecule has 34 heavy (non-hydrogen) atoms. The van der Waals surface area contributed by atoms with Crippen LogP contribution in [0.5, 0.6) is 0 Å². The maximum absolute atomic E-state index is 11.6. The van der Waals surface area contributed by atoms with Gasteiger partial charge < -0.3 is 15.4 Å². The zero-order valence-corrected chi connectivity index (χ0v) is 20.7. The van der Waals surface area contributed by atoms with Crippen LogP contribution in [0.2, 0.25) is 15.7 Å². The van der Waals surface area contributed by atoms with Crippen molar-refractivity contribution in [2.24, 2.45) is 0 Å². The van der Waals surface area contributed by atoms with Gasteiger partial charge in [-0.15, -0.1) is 0 Å². The largest absolute Gasteiger partial charge is 0.446 e. The summed E-state index contributed by atoms with van der Waals surface area (Å²) in [5.41, 5.74) is -1.00. The number of halogens is 3. The number of carbonyl (C=O) groups excluding carboxylic acids is 1. The molecule has 2 aromatic rings. The Labute approximate surface area is 208 Å². The highest BCUT2D eigenvalue weighted by Crippen LogP contribution is 2.22. The third-order valence-corrected chi connectivity index (χ3v) is 4.10. The molecule has 0 radical (unpaired) electrons. The normalized spacial score (nSPS) is 11.5. The fraction of sp³-hybridized carbons (Fsp3) is 0.471. The molecule has 1 atom stereocenters. The molecule has 2 rings (SSSR count). The van der Waals surface area contributed by atoms with Crippen molar-refractivity contribution < 1.29 is 19.4 Å². The van der Waals surface area contributed by atoms with Gasteiger partial charge in [0.1, 0.15) is 18.5 Å². The molecule has 2 N–H and O–H groups in total. The van der Waals surface area contributed by atoms with E-state index in [1.54, 1.807) is 6.92 Å². The molecule has 0 aliphatic heterocycles. The molecule has 0 aliphatic carbocycles. The Bertz CT molecular complexity index is 1040. The van der Waals surface area contributed by atoms with E-state index in [0.29, 0.717) is 13.0 Å². The van der Waals surface area contributed by atoms with Gasteiger partial charge in [0.15, 0.2) is 0 Å². The van der Waals surface area contributed by atoms with Gasteiger partial charge in [-0.2, -0.15) is 9.97 Å². The first kappa shape index (κ1) is 28.9. The van der Waals surface area contributed by atoms with Crippen LogP contribution in [-0.2, 0) is 4.74 Å².